The molecule has 0 aliphatic carbocycles. The van der Waals surface area contributed by atoms with Crippen LogP contribution in [0.15, 0.2) is 29.0 Å². The smallest absolute Gasteiger partial charge is 0.313 e. The topological polar surface area (TPSA) is 70.7 Å². The van der Waals surface area contributed by atoms with Crippen molar-refractivity contribution < 1.29 is 14.3 Å². The van der Waals surface area contributed by atoms with Crippen LogP contribution >= 0.6 is 11.3 Å². The number of morpholine rings is 1. The zero-order valence-corrected chi connectivity index (χ0v) is 17.4. The number of hydrogen-bond acceptors (Lipinski definition) is 5. The number of rotatable bonds is 5. The number of carbonyl (C=O) groups is 2. The number of ether oxygens (including phenoxy) is 1. The summed E-state index contributed by atoms with van der Waals surface area (Å²) in [6, 6.07) is 6.09. The van der Waals surface area contributed by atoms with E-state index < -0.39 is 11.8 Å². The lowest BCUT2D eigenvalue weighted by Gasteiger charge is -2.34. The van der Waals surface area contributed by atoms with E-state index in [1.807, 2.05) is 38.3 Å². The minimum atomic E-state index is -0.638. The third kappa shape index (κ3) is 4.98. The fourth-order valence-corrected chi connectivity index (χ4v) is 4.34. The highest BCUT2D eigenvalue weighted by Gasteiger charge is 2.25. The largest absolute Gasteiger partial charge is 0.379 e. The molecular weight excluding hydrogens is 374 g/mol. The summed E-state index contributed by atoms with van der Waals surface area (Å²) in [7, 11) is 0. The molecular formula is C21H27N3O3S. The maximum atomic E-state index is 12.4. The van der Waals surface area contributed by atoms with Gasteiger partial charge in [0.15, 0.2) is 0 Å². The van der Waals surface area contributed by atoms with Crippen molar-refractivity contribution >= 4 is 28.8 Å². The molecule has 3 rings (SSSR count). The number of benzene rings is 1. The summed E-state index contributed by atoms with van der Waals surface area (Å²) in [4.78, 5) is 27.1. The summed E-state index contributed by atoms with van der Waals surface area (Å²) >= 11 is 1.63. The Balaban J connectivity index is 1.63. The molecule has 0 saturated carbocycles. The standard InChI is InChI=1S/C21H27N3O3S/c1-14-10-15(2)19(16(3)11-14)23-21(26)20(25)22-12-18(17-4-9-28-13-17)24-5-7-27-8-6-24/h4,9-11,13,18H,5-8,12H2,1-3H3,(H,22,25)(H,23,26). The van der Waals surface area contributed by atoms with Gasteiger partial charge in [0.1, 0.15) is 0 Å². The fourth-order valence-electron chi connectivity index (χ4n) is 3.63. The van der Waals surface area contributed by atoms with Crippen LogP contribution in [-0.4, -0.2) is 49.6 Å². The predicted molar refractivity (Wildman–Crippen MR) is 112 cm³/mol. The maximum absolute atomic E-state index is 12.4. The Morgan fingerprint density at radius 1 is 1.14 bits per heavy atom. The van der Waals surface area contributed by atoms with E-state index in [2.05, 4.69) is 27.0 Å². The molecule has 0 spiro atoms. The number of carbonyl (C=O) groups excluding carboxylic acids is 2. The highest BCUT2D eigenvalue weighted by molar-refractivity contribution is 7.08. The quantitative estimate of drug-likeness (QED) is 0.756. The average Bonchev–Trinajstić information content (AvgIpc) is 3.19. The first-order valence-electron chi connectivity index (χ1n) is 9.46. The van der Waals surface area contributed by atoms with Gasteiger partial charge in [-0.15, -0.1) is 0 Å². The van der Waals surface area contributed by atoms with Crippen molar-refractivity contribution in [2.75, 3.05) is 38.2 Å². The number of anilines is 1. The van der Waals surface area contributed by atoms with E-state index in [-0.39, 0.29) is 6.04 Å². The van der Waals surface area contributed by atoms with Crippen LogP contribution in [0.5, 0.6) is 0 Å². The summed E-state index contributed by atoms with van der Waals surface area (Å²) in [5.41, 5.74) is 4.87. The van der Waals surface area contributed by atoms with E-state index >= 15 is 0 Å². The minimum absolute atomic E-state index is 0.0368. The Morgan fingerprint density at radius 3 is 2.43 bits per heavy atom. The van der Waals surface area contributed by atoms with Crippen LogP contribution in [0.25, 0.3) is 0 Å². The minimum Gasteiger partial charge on any atom is -0.379 e. The summed E-state index contributed by atoms with van der Waals surface area (Å²) in [6.45, 7) is 9.23. The van der Waals surface area contributed by atoms with Crippen molar-refractivity contribution in [3.05, 3.63) is 51.2 Å². The Labute approximate surface area is 169 Å². The highest BCUT2D eigenvalue weighted by Crippen LogP contribution is 2.24. The van der Waals surface area contributed by atoms with Crippen LogP contribution in [0.2, 0.25) is 0 Å². The summed E-state index contributed by atoms with van der Waals surface area (Å²) in [5.74, 6) is -1.26. The molecule has 1 atom stereocenters. The second-order valence-electron chi connectivity index (χ2n) is 7.16. The first-order valence-corrected chi connectivity index (χ1v) is 10.4. The van der Waals surface area contributed by atoms with Crippen molar-refractivity contribution in [3.8, 4) is 0 Å². The normalized spacial score (nSPS) is 15.8. The lowest BCUT2D eigenvalue weighted by molar-refractivity contribution is -0.136. The molecule has 1 aromatic carbocycles. The zero-order chi connectivity index (χ0) is 20.1. The summed E-state index contributed by atoms with van der Waals surface area (Å²) in [5, 5.41) is 9.69. The first kappa shape index (κ1) is 20.5. The van der Waals surface area contributed by atoms with Gasteiger partial charge in [-0.2, -0.15) is 11.3 Å². The highest BCUT2D eigenvalue weighted by atomic mass is 32.1. The lowest BCUT2D eigenvalue weighted by Crippen LogP contribution is -2.45. The molecule has 2 heterocycles. The second kappa shape index (κ2) is 9.32. The third-order valence-corrected chi connectivity index (χ3v) is 5.69. The molecule has 2 amide bonds. The predicted octanol–water partition coefficient (Wildman–Crippen LogP) is 2.80. The van der Waals surface area contributed by atoms with Gasteiger partial charge < -0.3 is 15.4 Å². The number of aryl methyl sites for hydroxylation is 3. The fraction of sp³-hybridized carbons (Fsp3) is 0.429. The van der Waals surface area contributed by atoms with Gasteiger partial charge in [0.05, 0.1) is 19.3 Å². The summed E-state index contributed by atoms with van der Waals surface area (Å²) < 4.78 is 5.44. The Morgan fingerprint density at radius 2 is 1.82 bits per heavy atom. The maximum Gasteiger partial charge on any atom is 0.313 e. The molecule has 2 aromatic rings. The number of thiophene rings is 1. The molecule has 1 unspecified atom stereocenters. The molecule has 6 nitrogen and oxygen atoms in total. The SMILES string of the molecule is Cc1cc(C)c(NC(=O)C(=O)NCC(c2ccsc2)N2CCOCC2)c(C)c1. The molecule has 7 heteroatoms. The van der Waals surface area contributed by atoms with Crippen LogP contribution < -0.4 is 10.6 Å². The van der Waals surface area contributed by atoms with Gasteiger partial charge in [-0.1, -0.05) is 17.7 Å². The molecule has 1 fully saturated rings. The lowest BCUT2D eigenvalue weighted by atomic mass is 10.1. The van der Waals surface area contributed by atoms with Gasteiger partial charge in [0, 0.05) is 25.3 Å². The first-order chi connectivity index (χ1) is 13.5. The van der Waals surface area contributed by atoms with Crippen LogP contribution in [0.4, 0.5) is 5.69 Å². The van der Waals surface area contributed by atoms with E-state index in [1.165, 1.54) is 0 Å². The van der Waals surface area contributed by atoms with Crippen LogP contribution in [0.1, 0.15) is 28.3 Å². The van der Waals surface area contributed by atoms with Crippen molar-refractivity contribution in [1.82, 2.24) is 10.2 Å². The molecule has 1 saturated heterocycles. The number of nitrogens with zero attached hydrogens (tertiary/aromatic N) is 1. The number of nitrogens with one attached hydrogen (secondary N) is 2. The second-order valence-corrected chi connectivity index (χ2v) is 7.94. The van der Waals surface area contributed by atoms with Crippen LogP contribution in [0, 0.1) is 20.8 Å². The van der Waals surface area contributed by atoms with Gasteiger partial charge in [-0.3, -0.25) is 14.5 Å². The Kier molecular flexibility index (Phi) is 6.83. The molecule has 1 aromatic heterocycles. The van der Waals surface area contributed by atoms with E-state index in [0.717, 1.165) is 35.3 Å². The van der Waals surface area contributed by atoms with Crippen molar-refractivity contribution in [3.63, 3.8) is 0 Å². The zero-order valence-electron chi connectivity index (χ0n) is 16.6. The molecule has 2 N–H and O–H groups in total. The molecule has 1 aliphatic heterocycles. The Hall–Kier alpha value is -2.22. The number of hydrogen-bond donors (Lipinski definition) is 2. The molecule has 0 radical (unpaired) electrons. The van der Waals surface area contributed by atoms with Gasteiger partial charge >= 0.3 is 11.8 Å². The summed E-state index contributed by atoms with van der Waals surface area (Å²) in [6.07, 6.45) is 0. The van der Waals surface area contributed by atoms with Crippen molar-refractivity contribution in [2.45, 2.75) is 26.8 Å². The monoisotopic (exact) mass is 401 g/mol. The molecule has 28 heavy (non-hydrogen) atoms. The van der Waals surface area contributed by atoms with E-state index in [0.29, 0.717) is 25.4 Å². The van der Waals surface area contributed by atoms with Gasteiger partial charge in [-0.05, 0) is 54.3 Å². The third-order valence-electron chi connectivity index (χ3n) is 4.99. The van der Waals surface area contributed by atoms with E-state index in [9.17, 15) is 9.59 Å². The average molecular weight is 402 g/mol. The van der Waals surface area contributed by atoms with Crippen molar-refractivity contribution in [2.24, 2.45) is 0 Å². The van der Waals surface area contributed by atoms with Gasteiger partial charge in [0.25, 0.3) is 0 Å². The van der Waals surface area contributed by atoms with Crippen molar-refractivity contribution in [1.29, 1.82) is 0 Å². The molecule has 1 aliphatic rings. The van der Waals surface area contributed by atoms with Gasteiger partial charge in [-0.25, -0.2) is 0 Å². The van der Waals surface area contributed by atoms with Crippen LogP contribution in [0.3, 0.4) is 0 Å². The van der Waals surface area contributed by atoms with Gasteiger partial charge in [0.2, 0.25) is 0 Å². The van der Waals surface area contributed by atoms with E-state index in [4.69, 9.17) is 4.74 Å². The molecule has 150 valence electrons. The molecule has 0 bridgehead atoms. The Bertz CT molecular complexity index is 806. The van der Waals surface area contributed by atoms with E-state index in [1.54, 1.807) is 11.3 Å². The van der Waals surface area contributed by atoms with Crippen LogP contribution in [-0.2, 0) is 14.3 Å². The number of amides is 2.